The molecule has 1 heterocycles. The normalized spacial score (nSPS) is 28.5. The van der Waals surface area contributed by atoms with Gasteiger partial charge in [-0.1, -0.05) is 19.1 Å². The third kappa shape index (κ3) is 2.44. The van der Waals surface area contributed by atoms with Crippen LogP contribution in [0.2, 0.25) is 0 Å². The van der Waals surface area contributed by atoms with E-state index < -0.39 is 14.9 Å². The Labute approximate surface area is 129 Å². The predicted molar refractivity (Wildman–Crippen MR) is 81.8 cm³/mol. The zero-order chi connectivity index (χ0) is 15.9. The topological polar surface area (TPSA) is 80.5 Å². The van der Waals surface area contributed by atoms with Gasteiger partial charge in [-0.25, -0.2) is 8.42 Å². The number of nitrogens with zero attached hydrogens (tertiary/aromatic N) is 2. The first kappa shape index (κ1) is 15.2. The summed E-state index contributed by atoms with van der Waals surface area (Å²) < 4.78 is 27.3. The first-order valence-electron chi connectivity index (χ1n) is 7.34. The van der Waals surface area contributed by atoms with Crippen LogP contribution >= 0.6 is 0 Å². The van der Waals surface area contributed by atoms with Gasteiger partial charge in [-0.05, 0) is 36.8 Å². The first-order chi connectivity index (χ1) is 10.4. The third-order valence-electron chi connectivity index (χ3n) is 4.58. The third-order valence-corrected chi connectivity index (χ3v) is 6.49. The van der Waals surface area contributed by atoms with Gasteiger partial charge in [-0.3, -0.25) is 10.1 Å². The van der Waals surface area contributed by atoms with Crippen molar-refractivity contribution in [3.63, 3.8) is 0 Å². The van der Waals surface area contributed by atoms with Gasteiger partial charge in [0.25, 0.3) is 5.69 Å². The number of hydrogen-bond acceptors (Lipinski definition) is 4. The van der Waals surface area contributed by atoms with E-state index in [1.807, 2.05) is 0 Å². The maximum absolute atomic E-state index is 12.8. The van der Waals surface area contributed by atoms with Gasteiger partial charge in [-0.15, -0.1) is 0 Å². The molecule has 6 nitrogen and oxygen atoms in total. The van der Waals surface area contributed by atoms with Crippen molar-refractivity contribution in [2.45, 2.75) is 30.7 Å². The fraction of sp³-hybridized carbons (Fsp3) is 0.467. The molecule has 0 N–H and O–H groups in total. The molecule has 0 aromatic heterocycles. The molecule has 0 unspecified atom stereocenters. The summed E-state index contributed by atoms with van der Waals surface area (Å²) >= 11 is 0. The maximum Gasteiger partial charge on any atom is 0.269 e. The van der Waals surface area contributed by atoms with Crippen molar-refractivity contribution in [3.05, 3.63) is 46.5 Å². The Bertz CT molecular complexity index is 712. The molecule has 3 rings (SSSR count). The van der Waals surface area contributed by atoms with Crippen LogP contribution in [0.1, 0.15) is 19.8 Å². The number of nitro benzene ring substituents is 1. The van der Waals surface area contributed by atoms with Gasteiger partial charge in [0.1, 0.15) is 0 Å². The summed E-state index contributed by atoms with van der Waals surface area (Å²) in [6.45, 7) is 2.57. The fourth-order valence-electron chi connectivity index (χ4n) is 3.44. The molecule has 2 aliphatic rings. The summed E-state index contributed by atoms with van der Waals surface area (Å²) in [4.78, 5) is 10.3. The Morgan fingerprint density at radius 3 is 2.59 bits per heavy atom. The van der Waals surface area contributed by atoms with Crippen LogP contribution in [0.4, 0.5) is 5.69 Å². The highest BCUT2D eigenvalue weighted by Gasteiger charge is 2.44. The molecule has 0 saturated carbocycles. The average molecular weight is 322 g/mol. The number of hydrogen-bond donors (Lipinski definition) is 0. The molecule has 0 bridgehead atoms. The highest BCUT2D eigenvalue weighted by Crippen LogP contribution is 2.39. The SMILES string of the molecule is C[C@H]1CN(S(=O)(=O)c2ccc([N+](=O)[O-])cc2)[C@@H]2CCC=C[C@@H]21. The predicted octanol–water partition coefficient (Wildman–Crippen LogP) is 2.57. The summed E-state index contributed by atoms with van der Waals surface area (Å²) in [6, 6.07) is 5.13. The second-order valence-corrected chi connectivity index (χ2v) is 7.84. The van der Waals surface area contributed by atoms with Gasteiger partial charge in [0.2, 0.25) is 10.0 Å². The van der Waals surface area contributed by atoms with Gasteiger partial charge in [0, 0.05) is 24.7 Å². The Morgan fingerprint density at radius 2 is 1.95 bits per heavy atom. The number of sulfonamides is 1. The lowest BCUT2D eigenvalue weighted by atomic mass is 9.86. The zero-order valence-corrected chi connectivity index (χ0v) is 13.1. The van der Waals surface area contributed by atoms with E-state index >= 15 is 0 Å². The molecule has 3 atom stereocenters. The molecule has 7 heteroatoms. The molecule has 0 spiro atoms. The summed E-state index contributed by atoms with van der Waals surface area (Å²) in [5.41, 5.74) is -0.104. The lowest BCUT2D eigenvalue weighted by molar-refractivity contribution is -0.384. The van der Waals surface area contributed by atoms with Crippen molar-refractivity contribution < 1.29 is 13.3 Å². The van der Waals surface area contributed by atoms with Crippen LogP contribution in [0.3, 0.4) is 0 Å². The molecule has 118 valence electrons. The summed E-state index contributed by atoms with van der Waals surface area (Å²) in [6.07, 6.45) is 5.97. The van der Waals surface area contributed by atoms with Crippen LogP contribution in [0.25, 0.3) is 0 Å². The molecular weight excluding hydrogens is 304 g/mol. The number of benzene rings is 1. The van der Waals surface area contributed by atoms with E-state index in [0.29, 0.717) is 6.54 Å². The van der Waals surface area contributed by atoms with Crippen LogP contribution in [-0.2, 0) is 10.0 Å². The van der Waals surface area contributed by atoms with Gasteiger partial charge in [-0.2, -0.15) is 4.31 Å². The highest BCUT2D eigenvalue weighted by molar-refractivity contribution is 7.89. The quantitative estimate of drug-likeness (QED) is 0.486. The highest BCUT2D eigenvalue weighted by atomic mass is 32.2. The lowest BCUT2D eigenvalue weighted by Gasteiger charge is -2.28. The molecule has 22 heavy (non-hydrogen) atoms. The molecule has 1 fully saturated rings. The molecule has 1 saturated heterocycles. The Balaban J connectivity index is 1.93. The van der Waals surface area contributed by atoms with E-state index in [0.717, 1.165) is 12.8 Å². The molecule has 0 amide bonds. The number of fused-ring (bicyclic) bond motifs is 1. The molecule has 1 aliphatic carbocycles. The van der Waals surface area contributed by atoms with Crippen molar-refractivity contribution in [1.82, 2.24) is 4.31 Å². The van der Waals surface area contributed by atoms with Gasteiger partial charge >= 0.3 is 0 Å². The van der Waals surface area contributed by atoms with Crippen molar-refractivity contribution in [2.24, 2.45) is 11.8 Å². The molecule has 1 aromatic carbocycles. The van der Waals surface area contributed by atoms with Crippen LogP contribution in [0.5, 0.6) is 0 Å². The van der Waals surface area contributed by atoms with E-state index in [-0.39, 0.29) is 28.5 Å². The second kappa shape index (κ2) is 5.48. The number of non-ortho nitro benzene ring substituents is 1. The van der Waals surface area contributed by atoms with Gasteiger partial charge in [0.15, 0.2) is 0 Å². The monoisotopic (exact) mass is 322 g/mol. The lowest BCUT2D eigenvalue weighted by Crippen LogP contribution is -2.38. The number of nitro groups is 1. The summed E-state index contributed by atoms with van der Waals surface area (Å²) in [5.74, 6) is 0.552. The minimum Gasteiger partial charge on any atom is -0.258 e. The standard InChI is InChI=1S/C15H18N2O4S/c1-11-10-16(15-5-3-2-4-14(11)15)22(20,21)13-8-6-12(7-9-13)17(18)19/h2,4,6-9,11,14-15H,3,5,10H2,1H3/t11-,14+,15+/m0/s1. The van der Waals surface area contributed by atoms with Crippen molar-refractivity contribution >= 4 is 15.7 Å². The van der Waals surface area contributed by atoms with Gasteiger partial charge in [0.05, 0.1) is 9.82 Å². The second-order valence-electron chi connectivity index (χ2n) is 5.95. The Morgan fingerprint density at radius 1 is 1.27 bits per heavy atom. The number of rotatable bonds is 3. The first-order valence-corrected chi connectivity index (χ1v) is 8.78. The van der Waals surface area contributed by atoms with Crippen molar-refractivity contribution in [2.75, 3.05) is 6.54 Å². The molecule has 1 aromatic rings. The zero-order valence-electron chi connectivity index (χ0n) is 12.3. The fourth-order valence-corrected chi connectivity index (χ4v) is 5.22. The van der Waals surface area contributed by atoms with Crippen LogP contribution in [0.15, 0.2) is 41.3 Å². The molecule has 0 radical (unpaired) electrons. The minimum atomic E-state index is -3.61. The summed E-state index contributed by atoms with van der Waals surface area (Å²) in [7, 11) is -3.61. The molecular formula is C15H18N2O4S. The van der Waals surface area contributed by atoms with Crippen molar-refractivity contribution in [3.8, 4) is 0 Å². The molecule has 1 aliphatic heterocycles. The Kier molecular flexibility index (Phi) is 3.78. The van der Waals surface area contributed by atoms with E-state index in [1.54, 1.807) is 4.31 Å². The van der Waals surface area contributed by atoms with E-state index in [1.165, 1.54) is 24.3 Å². The van der Waals surface area contributed by atoms with Crippen LogP contribution in [0, 0.1) is 22.0 Å². The van der Waals surface area contributed by atoms with Crippen LogP contribution < -0.4 is 0 Å². The van der Waals surface area contributed by atoms with E-state index in [9.17, 15) is 18.5 Å². The van der Waals surface area contributed by atoms with Crippen molar-refractivity contribution in [1.29, 1.82) is 0 Å². The average Bonchev–Trinajstić information content (AvgIpc) is 2.86. The van der Waals surface area contributed by atoms with Gasteiger partial charge < -0.3 is 0 Å². The number of allylic oxidation sites excluding steroid dienone is 1. The Hall–Kier alpha value is -1.73. The minimum absolute atomic E-state index is 0.000178. The maximum atomic E-state index is 12.8. The van der Waals surface area contributed by atoms with Crippen LogP contribution in [-0.4, -0.2) is 30.2 Å². The van der Waals surface area contributed by atoms with E-state index in [4.69, 9.17) is 0 Å². The summed E-state index contributed by atoms with van der Waals surface area (Å²) in [5, 5.41) is 10.7. The van der Waals surface area contributed by atoms with E-state index in [2.05, 4.69) is 19.1 Å². The largest absolute Gasteiger partial charge is 0.269 e. The smallest absolute Gasteiger partial charge is 0.258 e.